The second-order valence-corrected chi connectivity index (χ2v) is 11.0. The topological polar surface area (TPSA) is 110 Å². The number of rotatable bonds is 9. The fourth-order valence-electron chi connectivity index (χ4n) is 5.31. The van der Waals surface area contributed by atoms with Gasteiger partial charge in [-0.2, -0.15) is 15.0 Å². The molecule has 0 saturated heterocycles. The number of aromatic nitrogens is 4. The second-order valence-electron chi connectivity index (χ2n) is 11.0. The van der Waals surface area contributed by atoms with Crippen LogP contribution in [0.1, 0.15) is 86.7 Å². The number of ether oxygens (including phenoxy) is 1. The van der Waals surface area contributed by atoms with E-state index in [1.165, 1.54) is 11.0 Å². The molecule has 1 amide bonds. The van der Waals surface area contributed by atoms with Gasteiger partial charge in [0.05, 0.1) is 30.2 Å². The van der Waals surface area contributed by atoms with Crippen molar-refractivity contribution in [3.05, 3.63) is 59.3 Å². The van der Waals surface area contributed by atoms with Crippen molar-refractivity contribution in [1.82, 2.24) is 20.0 Å². The van der Waals surface area contributed by atoms with Crippen molar-refractivity contribution in [2.45, 2.75) is 77.8 Å². The highest BCUT2D eigenvalue weighted by Gasteiger charge is 2.34. The van der Waals surface area contributed by atoms with E-state index in [9.17, 15) is 14.7 Å². The summed E-state index contributed by atoms with van der Waals surface area (Å²) >= 11 is 0. The molecule has 0 radical (unpaired) electrons. The largest absolute Gasteiger partial charge is 0.478 e. The fraction of sp³-hybridized carbons (Fsp3) is 0.483. The molecule has 0 unspecified atom stereocenters. The van der Waals surface area contributed by atoms with Crippen LogP contribution in [0.5, 0.6) is 11.6 Å². The number of amides is 1. The lowest BCUT2D eigenvalue weighted by molar-refractivity contribution is -0.123. The molecule has 2 heterocycles. The number of pyridine rings is 1. The number of nitrogens with zero attached hydrogens (tertiary/aromatic N) is 5. The Balaban J connectivity index is 1.45. The fourth-order valence-corrected chi connectivity index (χ4v) is 5.31. The monoisotopic (exact) mass is 535 g/mol. The molecule has 2 aromatic heterocycles. The van der Waals surface area contributed by atoms with Gasteiger partial charge in [0.2, 0.25) is 11.8 Å². The third-order valence-corrected chi connectivity index (χ3v) is 7.61. The van der Waals surface area contributed by atoms with Crippen molar-refractivity contribution in [2.24, 2.45) is 11.8 Å². The Morgan fingerprint density at radius 1 is 1.10 bits per heavy atom. The van der Waals surface area contributed by atoms with E-state index in [0.29, 0.717) is 12.5 Å². The maximum absolute atomic E-state index is 15.5. The molecule has 1 N–H and O–H groups in total. The smallest absolute Gasteiger partial charge is 0.337 e. The predicted octanol–water partition coefficient (Wildman–Crippen LogP) is 5.80. The first kappa shape index (κ1) is 26.8. The summed E-state index contributed by atoms with van der Waals surface area (Å²) in [5, 5.41) is 18.3. The van der Waals surface area contributed by atoms with Crippen LogP contribution in [0.25, 0.3) is 0 Å². The number of hydrogen-bond donors (Lipinski definition) is 1. The first-order chi connectivity index (χ1) is 18.7. The zero-order valence-corrected chi connectivity index (χ0v) is 22.5. The van der Waals surface area contributed by atoms with Gasteiger partial charge in [-0.15, -0.1) is 0 Å². The van der Waals surface area contributed by atoms with Crippen LogP contribution in [0, 0.1) is 17.7 Å². The first-order valence-corrected chi connectivity index (χ1v) is 13.6. The molecule has 1 aromatic carbocycles. The van der Waals surface area contributed by atoms with Crippen LogP contribution in [0.4, 0.5) is 10.1 Å². The Bertz CT molecular complexity index is 1350. The van der Waals surface area contributed by atoms with Crippen LogP contribution in [-0.2, 0) is 11.3 Å². The van der Waals surface area contributed by atoms with E-state index >= 15 is 4.39 Å². The average Bonchev–Trinajstić information content (AvgIpc) is 3.62. The summed E-state index contributed by atoms with van der Waals surface area (Å²) in [4.78, 5) is 33.3. The molecule has 10 heteroatoms. The number of hydrogen-bond acceptors (Lipinski definition) is 6. The highest BCUT2D eigenvalue weighted by atomic mass is 19.1. The minimum absolute atomic E-state index is 0.0448. The van der Waals surface area contributed by atoms with E-state index in [2.05, 4.69) is 22.1 Å². The van der Waals surface area contributed by atoms with Crippen molar-refractivity contribution in [3.63, 3.8) is 0 Å². The summed E-state index contributed by atoms with van der Waals surface area (Å²) in [6.07, 6.45) is 10.1. The quantitative estimate of drug-likeness (QED) is 0.369. The lowest BCUT2D eigenvalue weighted by atomic mass is 9.82. The maximum Gasteiger partial charge on any atom is 0.337 e. The second kappa shape index (κ2) is 11.1. The van der Waals surface area contributed by atoms with Crippen LogP contribution in [0.3, 0.4) is 0 Å². The van der Waals surface area contributed by atoms with Gasteiger partial charge in [0.15, 0.2) is 11.6 Å². The van der Waals surface area contributed by atoms with E-state index in [-0.39, 0.29) is 46.7 Å². The third kappa shape index (κ3) is 5.94. The standard InChI is InChI=1S/C29H34FN5O4/c1-17(2)35(28(36)21-6-4-18(3)5-7-21)25-14-24(30)26(13-23(25)29(37)38)39-27-22(20-8-9-20)12-19(15-31-27)16-34-32-10-11-33-34/h10-15,17-18,20-21H,4-9,16H2,1-3H3,(H,37,38). The number of carboxylic acids is 1. The van der Waals surface area contributed by atoms with E-state index in [4.69, 9.17) is 4.74 Å². The predicted molar refractivity (Wildman–Crippen MR) is 143 cm³/mol. The molecule has 5 rings (SSSR count). The van der Waals surface area contributed by atoms with Crippen molar-refractivity contribution < 1.29 is 23.8 Å². The summed E-state index contributed by atoms with van der Waals surface area (Å²) in [6.45, 7) is 6.23. The lowest BCUT2D eigenvalue weighted by Gasteiger charge is -2.34. The minimum atomic E-state index is -1.26. The molecule has 0 bridgehead atoms. The molecule has 0 spiro atoms. The van der Waals surface area contributed by atoms with E-state index in [1.807, 2.05) is 19.9 Å². The van der Waals surface area contributed by atoms with Crippen LogP contribution in [0.2, 0.25) is 0 Å². The number of carbonyl (C=O) groups excluding carboxylic acids is 1. The summed E-state index contributed by atoms with van der Waals surface area (Å²) in [7, 11) is 0. The zero-order chi connectivity index (χ0) is 27.7. The van der Waals surface area contributed by atoms with Gasteiger partial charge in [-0.3, -0.25) is 4.79 Å². The molecule has 39 heavy (non-hydrogen) atoms. The Morgan fingerprint density at radius 2 is 1.79 bits per heavy atom. The van der Waals surface area contributed by atoms with Crippen molar-refractivity contribution >= 4 is 17.6 Å². The number of aromatic carboxylic acids is 1. The van der Waals surface area contributed by atoms with Gasteiger partial charge < -0.3 is 14.7 Å². The van der Waals surface area contributed by atoms with Gasteiger partial charge in [0.1, 0.15) is 0 Å². The first-order valence-electron chi connectivity index (χ1n) is 13.6. The Kier molecular flexibility index (Phi) is 7.63. The highest BCUT2D eigenvalue weighted by Crippen LogP contribution is 2.45. The minimum Gasteiger partial charge on any atom is -0.478 e. The van der Waals surface area contributed by atoms with Gasteiger partial charge >= 0.3 is 5.97 Å². The maximum atomic E-state index is 15.5. The van der Waals surface area contributed by atoms with Gasteiger partial charge in [-0.05, 0) is 75.8 Å². The molecular formula is C29H34FN5O4. The van der Waals surface area contributed by atoms with E-state index < -0.39 is 11.8 Å². The Morgan fingerprint density at radius 3 is 2.41 bits per heavy atom. The number of benzene rings is 1. The average molecular weight is 536 g/mol. The highest BCUT2D eigenvalue weighted by molar-refractivity contribution is 6.03. The van der Waals surface area contributed by atoms with Crippen LogP contribution in [-0.4, -0.2) is 43.0 Å². The summed E-state index contributed by atoms with van der Waals surface area (Å²) in [5.41, 5.74) is 1.58. The molecule has 2 saturated carbocycles. The molecule has 9 nitrogen and oxygen atoms in total. The number of anilines is 1. The molecule has 2 aliphatic carbocycles. The third-order valence-electron chi connectivity index (χ3n) is 7.61. The molecule has 0 aliphatic heterocycles. The normalized spacial score (nSPS) is 19.2. The number of carboxylic acid groups (broad SMARTS) is 1. The van der Waals surface area contributed by atoms with Gasteiger partial charge in [-0.1, -0.05) is 6.92 Å². The SMILES string of the molecule is CC1CCC(C(=O)N(c2cc(F)c(Oc3ncc(Cn4nccn4)cc3C3CC3)cc2C(=O)O)C(C)C)CC1. The van der Waals surface area contributed by atoms with Crippen LogP contribution >= 0.6 is 0 Å². The lowest BCUT2D eigenvalue weighted by Crippen LogP contribution is -2.43. The van der Waals surface area contributed by atoms with Crippen LogP contribution in [0.15, 0.2) is 36.8 Å². The van der Waals surface area contributed by atoms with Crippen molar-refractivity contribution in [2.75, 3.05) is 4.90 Å². The van der Waals surface area contributed by atoms with Gasteiger partial charge in [0, 0.05) is 35.9 Å². The zero-order valence-electron chi connectivity index (χ0n) is 22.5. The number of carbonyl (C=O) groups is 2. The van der Waals surface area contributed by atoms with E-state index in [0.717, 1.165) is 55.7 Å². The molecule has 3 aromatic rings. The van der Waals surface area contributed by atoms with Gasteiger partial charge in [0.25, 0.3) is 0 Å². The summed E-state index contributed by atoms with van der Waals surface area (Å²) in [6, 6.07) is 3.88. The van der Waals surface area contributed by atoms with Gasteiger partial charge in [-0.25, -0.2) is 14.2 Å². The van der Waals surface area contributed by atoms with Crippen molar-refractivity contribution in [3.8, 4) is 11.6 Å². The molecule has 2 fully saturated rings. The van der Waals surface area contributed by atoms with E-state index in [1.54, 1.807) is 23.4 Å². The summed E-state index contributed by atoms with van der Waals surface area (Å²) in [5.74, 6) is -1.57. The molecule has 2 aliphatic rings. The molecular weight excluding hydrogens is 501 g/mol. The van der Waals surface area contributed by atoms with Crippen LogP contribution < -0.4 is 9.64 Å². The Labute approximate surface area is 227 Å². The summed E-state index contributed by atoms with van der Waals surface area (Å²) < 4.78 is 21.5. The number of halogens is 1. The molecule has 0 atom stereocenters. The molecule has 206 valence electrons. The Hall–Kier alpha value is -3.82. The van der Waals surface area contributed by atoms with Crippen molar-refractivity contribution in [1.29, 1.82) is 0 Å².